The first-order valence-electron chi connectivity index (χ1n) is 8.99. The Morgan fingerprint density at radius 3 is 2.52 bits per heavy atom. The quantitative estimate of drug-likeness (QED) is 0.513. The number of nitrogens with one attached hydrogen (secondary N) is 3. The van der Waals surface area contributed by atoms with Crippen LogP contribution in [0, 0.1) is 6.92 Å². The molecule has 2 heterocycles. The van der Waals surface area contributed by atoms with Crippen LogP contribution < -0.4 is 10.6 Å². The normalized spacial score (nSPS) is 13.9. The first kappa shape index (κ1) is 18.6. The number of carbonyl (C=O) groups excluding carboxylic acids is 3. The highest BCUT2D eigenvalue weighted by molar-refractivity contribution is 6.01. The molecule has 0 saturated carbocycles. The van der Waals surface area contributed by atoms with E-state index in [0.29, 0.717) is 25.1 Å². The highest BCUT2D eigenvalue weighted by Crippen LogP contribution is 2.17. The van der Waals surface area contributed by atoms with Gasteiger partial charge in [-0.3, -0.25) is 19.6 Å². The number of nitrogens with zero attached hydrogens (tertiary/aromatic N) is 2. The number of hydrogen-bond acceptors (Lipinski definition) is 4. The highest BCUT2D eigenvalue weighted by atomic mass is 16.2. The van der Waals surface area contributed by atoms with Crippen molar-refractivity contribution >= 4 is 23.5 Å². The fraction of sp³-hybridized carbons (Fsp3) is 0.368. The summed E-state index contributed by atoms with van der Waals surface area (Å²) in [6.45, 7) is 2.81. The average molecular weight is 369 g/mol. The summed E-state index contributed by atoms with van der Waals surface area (Å²) in [5.74, 6) is -0.264. The number of rotatable bonds is 7. The van der Waals surface area contributed by atoms with Crippen LogP contribution >= 0.6 is 0 Å². The van der Waals surface area contributed by atoms with Crippen LogP contribution in [-0.4, -0.2) is 39.5 Å². The Kier molecular flexibility index (Phi) is 5.85. The summed E-state index contributed by atoms with van der Waals surface area (Å²) in [6.07, 6.45) is 4.06. The average Bonchev–Trinajstić information content (AvgIpc) is 3.20. The number of hydrogen-bond donors (Lipinski definition) is 3. The zero-order valence-electron chi connectivity index (χ0n) is 15.2. The van der Waals surface area contributed by atoms with E-state index in [2.05, 4.69) is 20.8 Å². The number of carbonyl (C=O) groups is 3. The van der Waals surface area contributed by atoms with Gasteiger partial charge < -0.3 is 10.6 Å². The number of anilines is 1. The second-order valence-electron chi connectivity index (χ2n) is 6.58. The van der Waals surface area contributed by atoms with Crippen molar-refractivity contribution in [3.8, 4) is 0 Å². The van der Waals surface area contributed by atoms with E-state index in [9.17, 15) is 14.4 Å². The van der Waals surface area contributed by atoms with Crippen molar-refractivity contribution in [3.63, 3.8) is 0 Å². The maximum absolute atomic E-state index is 12.0. The molecular formula is C19H23N5O3. The summed E-state index contributed by atoms with van der Waals surface area (Å²) in [4.78, 5) is 36.5. The number of aromatic amines is 1. The minimum atomic E-state index is -0.267. The summed E-state index contributed by atoms with van der Waals surface area (Å²) in [5.41, 5.74) is 3.71. The van der Waals surface area contributed by atoms with E-state index in [-0.39, 0.29) is 24.4 Å². The summed E-state index contributed by atoms with van der Waals surface area (Å²) >= 11 is 0. The Labute approximate surface area is 157 Å². The molecule has 0 unspecified atom stereocenters. The van der Waals surface area contributed by atoms with Gasteiger partial charge in [0, 0.05) is 30.8 Å². The van der Waals surface area contributed by atoms with Crippen LogP contribution in [0.25, 0.3) is 0 Å². The number of urea groups is 1. The topological polar surface area (TPSA) is 107 Å². The van der Waals surface area contributed by atoms with Crippen molar-refractivity contribution in [3.05, 3.63) is 47.3 Å². The van der Waals surface area contributed by atoms with E-state index in [0.717, 1.165) is 29.7 Å². The zero-order chi connectivity index (χ0) is 19.2. The minimum absolute atomic E-state index is 0.132. The van der Waals surface area contributed by atoms with E-state index in [1.165, 1.54) is 4.90 Å². The number of amides is 4. The van der Waals surface area contributed by atoms with Gasteiger partial charge in [0.05, 0.1) is 12.7 Å². The van der Waals surface area contributed by atoms with Crippen molar-refractivity contribution in [1.29, 1.82) is 0 Å². The number of likely N-dealkylation sites (tertiary alicyclic amines) is 1. The first-order chi connectivity index (χ1) is 13.0. The molecule has 27 heavy (non-hydrogen) atoms. The van der Waals surface area contributed by atoms with E-state index < -0.39 is 0 Å². The second kappa shape index (κ2) is 8.48. The molecule has 1 fully saturated rings. The molecule has 1 saturated heterocycles. The fourth-order valence-corrected chi connectivity index (χ4v) is 2.96. The third-order valence-corrected chi connectivity index (χ3v) is 4.55. The van der Waals surface area contributed by atoms with Crippen LogP contribution in [0.5, 0.6) is 0 Å². The predicted octanol–water partition coefficient (Wildman–Crippen LogP) is 2.12. The highest BCUT2D eigenvalue weighted by Gasteiger charge is 2.28. The molecule has 8 nitrogen and oxygen atoms in total. The minimum Gasteiger partial charge on any atom is -0.338 e. The van der Waals surface area contributed by atoms with Crippen LogP contribution in [-0.2, 0) is 22.6 Å². The number of aryl methyl sites for hydroxylation is 2. The lowest BCUT2D eigenvalue weighted by molar-refractivity contribution is -0.139. The lowest BCUT2D eigenvalue weighted by atomic mass is 10.1. The Hall–Kier alpha value is -3.16. The lowest BCUT2D eigenvalue weighted by Crippen LogP contribution is -2.30. The monoisotopic (exact) mass is 369 g/mol. The molecule has 3 N–H and O–H groups in total. The molecule has 3 rings (SSSR count). The Balaban J connectivity index is 1.41. The van der Waals surface area contributed by atoms with E-state index >= 15 is 0 Å². The Morgan fingerprint density at radius 2 is 1.89 bits per heavy atom. The number of H-pyrrole nitrogens is 1. The molecule has 2 aromatic rings. The van der Waals surface area contributed by atoms with Gasteiger partial charge in [-0.1, -0.05) is 12.1 Å². The predicted molar refractivity (Wildman–Crippen MR) is 99.9 cm³/mol. The second-order valence-corrected chi connectivity index (χ2v) is 6.58. The van der Waals surface area contributed by atoms with Crippen LogP contribution in [0.15, 0.2) is 30.5 Å². The van der Waals surface area contributed by atoms with Crippen molar-refractivity contribution in [2.45, 2.75) is 39.2 Å². The van der Waals surface area contributed by atoms with Crippen LogP contribution in [0.3, 0.4) is 0 Å². The summed E-state index contributed by atoms with van der Waals surface area (Å²) in [7, 11) is 0. The zero-order valence-corrected chi connectivity index (χ0v) is 15.2. The van der Waals surface area contributed by atoms with Gasteiger partial charge in [0.1, 0.15) is 0 Å². The molecule has 0 aliphatic carbocycles. The van der Waals surface area contributed by atoms with Gasteiger partial charge in [0.2, 0.25) is 11.8 Å². The smallest absolute Gasteiger partial charge is 0.319 e. The molecule has 1 aromatic carbocycles. The number of imide groups is 1. The van der Waals surface area contributed by atoms with E-state index in [1.807, 2.05) is 6.92 Å². The standard InChI is InChI=1S/C19H23N5O3/c1-13-15(11-21-23-13)3-2-10-20-19(27)22-16-6-4-14(5-7-16)12-24-17(25)8-9-18(24)26/h4-7,11H,2-3,8-10,12H2,1H3,(H,21,23)(H2,20,22,27). The SMILES string of the molecule is Cc1[nH]ncc1CCCNC(=O)Nc1ccc(CN2C(=O)CCC2=O)cc1. The first-order valence-corrected chi connectivity index (χ1v) is 8.99. The largest absolute Gasteiger partial charge is 0.338 e. The van der Waals surface area contributed by atoms with Crippen LogP contribution in [0.1, 0.15) is 36.1 Å². The van der Waals surface area contributed by atoms with Crippen LogP contribution in [0.4, 0.5) is 10.5 Å². The molecule has 0 atom stereocenters. The molecule has 0 spiro atoms. The molecule has 0 radical (unpaired) electrons. The van der Waals surface area contributed by atoms with E-state index in [1.54, 1.807) is 30.5 Å². The van der Waals surface area contributed by atoms with Crippen molar-refractivity contribution in [2.75, 3.05) is 11.9 Å². The Bertz CT molecular complexity index is 812. The van der Waals surface area contributed by atoms with E-state index in [4.69, 9.17) is 0 Å². The van der Waals surface area contributed by atoms with Gasteiger partial charge in [0.15, 0.2) is 0 Å². The number of benzene rings is 1. The fourth-order valence-electron chi connectivity index (χ4n) is 2.96. The summed E-state index contributed by atoms with van der Waals surface area (Å²) in [6, 6.07) is 6.85. The van der Waals surface area contributed by atoms with Crippen LogP contribution in [0.2, 0.25) is 0 Å². The van der Waals surface area contributed by atoms with Crippen molar-refractivity contribution < 1.29 is 14.4 Å². The third kappa shape index (κ3) is 4.93. The molecule has 1 aliphatic heterocycles. The van der Waals surface area contributed by atoms with Gasteiger partial charge in [-0.15, -0.1) is 0 Å². The molecule has 0 bridgehead atoms. The van der Waals surface area contributed by atoms with Gasteiger partial charge in [-0.05, 0) is 43.0 Å². The maximum atomic E-state index is 12.0. The lowest BCUT2D eigenvalue weighted by Gasteiger charge is -2.14. The molecule has 1 aliphatic rings. The molecule has 4 amide bonds. The van der Waals surface area contributed by atoms with Crippen molar-refractivity contribution in [2.24, 2.45) is 0 Å². The molecule has 8 heteroatoms. The molecule has 1 aromatic heterocycles. The molecule has 142 valence electrons. The Morgan fingerprint density at radius 1 is 1.19 bits per heavy atom. The maximum Gasteiger partial charge on any atom is 0.319 e. The van der Waals surface area contributed by atoms with Gasteiger partial charge >= 0.3 is 6.03 Å². The van der Waals surface area contributed by atoms with Gasteiger partial charge in [-0.25, -0.2) is 4.79 Å². The summed E-state index contributed by atoms with van der Waals surface area (Å²) in [5, 5.41) is 12.5. The molecular weight excluding hydrogens is 346 g/mol. The summed E-state index contributed by atoms with van der Waals surface area (Å²) < 4.78 is 0. The third-order valence-electron chi connectivity index (χ3n) is 4.55. The van der Waals surface area contributed by atoms with Gasteiger partial charge in [0.25, 0.3) is 0 Å². The van der Waals surface area contributed by atoms with Gasteiger partial charge in [-0.2, -0.15) is 5.10 Å². The number of aromatic nitrogens is 2. The van der Waals surface area contributed by atoms with Crippen molar-refractivity contribution in [1.82, 2.24) is 20.4 Å².